The summed E-state index contributed by atoms with van der Waals surface area (Å²) in [4.78, 5) is 10.5. The van der Waals surface area contributed by atoms with Crippen LogP contribution in [0.25, 0.3) is 6.08 Å². The summed E-state index contributed by atoms with van der Waals surface area (Å²) in [5, 5.41) is 9.56. The molecule has 0 saturated carbocycles. The highest BCUT2D eigenvalue weighted by atomic mass is 79.9. The topological polar surface area (TPSA) is 37.3 Å². The fourth-order valence-electron chi connectivity index (χ4n) is 1.53. The van der Waals surface area contributed by atoms with Gasteiger partial charge in [-0.25, -0.2) is 4.79 Å². The van der Waals surface area contributed by atoms with Gasteiger partial charge in [0, 0.05) is 11.4 Å². The number of carbonyl (C=O) groups is 1. The fourth-order valence-corrected chi connectivity index (χ4v) is 1.81. The Balaban J connectivity index is 2.92. The first kappa shape index (κ1) is 13.0. The van der Waals surface area contributed by atoms with Crippen LogP contribution in [-0.4, -0.2) is 16.4 Å². The van der Waals surface area contributed by atoms with Crippen molar-refractivity contribution in [2.24, 2.45) is 0 Å². The predicted octanol–water partition coefficient (Wildman–Crippen LogP) is 3.42. The summed E-state index contributed by atoms with van der Waals surface area (Å²) in [6.07, 6.45) is 4.86. The molecule has 0 aliphatic carbocycles. The van der Waals surface area contributed by atoms with Gasteiger partial charge in [-0.1, -0.05) is 39.7 Å². The van der Waals surface area contributed by atoms with Gasteiger partial charge in [0.2, 0.25) is 0 Å². The number of aliphatic carboxylic acids is 1. The van der Waals surface area contributed by atoms with Gasteiger partial charge in [0.05, 0.1) is 0 Å². The van der Waals surface area contributed by atoms with Gasteiger partial charge in [-0.3, -0.25) is 0 Å². The summed E-state index contributed by atoms with van der Waals surface area (Å²) in [5.74, 6) is -0.910. The van der Waals surface area contributed by atoms with E-state index in [9.17, 15) is 4.79 Å². The first-order valence-corrected chi connectivity index (χ1v) is 6.32. The zero-order valence-corrected chi connectivity index (χ0v) is 10.8. The minimum Gasteiger partial charge on any atom is -0.478 e. The summed E-state index contributed by atoms with van der Waals surface area (Å²) < 4.78 is 0. The first-order chi connectivity index (χ1) is 7.63. The number of hydrogen-bond donors (Lipinski definition) is 1. The van der Waals surface area contributed by atoms with Crippen LogP contribution in [0, 0.1) is 6.92 Å². The molecule has 0 heterocycles. The monoisotopic (exact) mass is 282 g/mol. The SMILES string of the molecule is Cc1ccc(/C=C/C(=O)O)c(CCCBr)c1. The van der Waals surface area contributed by atoms with Gasteiger partial charge in [-0.15, -0.1) is 0 Å². The van der Waals surface area contributed by atoms with Crippen molar-refractivity contribution in [2.75, 3.05) is 5.33 Å². The molecule has 3 heteroatoms. The summed E-state index contributed by atoms with van der Waals surface area (Å²) in [7, 11) is 0. The number of carboxylic acids is 1. The van der Waals surface area contributed by atoms with E-state index < -0.39 is 5.97 Å². The quantitative estimate of drug-likeness (QED) is 0.664. The molecule has 86 valence electrons. The van der Waals surface area contributed by atoms with Gasteiger partial charge in [0.15, 0.2) is 0 Å². The Bertz CT molecular complexity index is 397. The van der Waals surface area contributed by atoms with Crippen LogP contribution in [0.5, 0.6) is 0 Å². The molecule has 0 aliphatic heterocycles. The van der Waals surface area contributed by atoms with Gasteiger partial charge in [-0.2, -0.15) is 0 Å². The third-order valence-corrected chi connectivity index (χ3v) is 2.84. The second-order valence-electron chi connectivity index (χ2n) is 3.67. The number of halogens is 1. The van der Waals surface area contributed by atoms with Crippen molar-refractivity contribution in [1.29, 1.82) is 0 Å². The largest absolute Gasteiger partial charge is 0.478 e. The van der Waals surface area contributed by atoms with Crippen LogP contribution < -0.4 is 0 Å². The van der Waals surface area contributed by atoms with E-state index in [4.69, 9.17) is 5.11 Å². The van der Waals surface area contributed by atoms with E-state index in [1.165, 1.54) is 17.2 Å². The molecule has 16 heavy (non-hydrogen) atoms. The van der Waals surface area contributed by atoms with Crippen LogP contribution in [0.4, 0.5) is 0 Å². The molecule has 1 aromatic rings. The van der Waals surface area contributed by atoms with Crippen LogP contribution in [0.15, 0.2) is 24.3 Å². The molecule has 0 unspecified atom stereocenters. The Morgan fingerprint density at radius 1 is 1.50 bits per heavy atom. The maximum absolute atomic E-state index is 10.5. The molecule has 1 rings (SSSR count). The smallest absolute Gasteiger partial charge is 0.328 e. The lowest BCUT2D eigenvalue weighted by Gasteiger charge is -2.06. The normalized spacial score (nSPS) is 10.9. The van der Waals surface area contributed by atoms with Crippen molar-refractivity contribution in [3.8, 4) is 0 Å². The van der Waals surface area contributed by atoms with E-state index in [1.54, 1.807) is 6.08 Å². The Morgan fingerprint density at radius 2 is 2.25 bits per heavy atom. The van der Waals surface area contributed by atoms with Crippen molar-refractivity contribution in [3.63, 3.8) is 0 Å². The molecule has 0 spiro atoms. The van der Waals surface area contributed by atoms with Crippen LogP contribution in [0.1, 0.15) is 23.1 Å². The Labute approximate surface area is 104 Å². The third kappa shape index (κ3) is 4.19. The maximum Gasteiger partial charge on any atom is 0.328 e. The molecule has 0 radical (unpaired) electrons. The second kappa shape index (κ2) is 6.48. The van der Waals surface area contributed by atoms with Crippen molar-refractivity contribution in [1.82, 2.24) is 0 Å². The zero-order chi connectivity index (χ0) is 12.0. The van der Waals surface area contributed by atoms with Crippen LogP contribution >= 0.6 is 15.9 Å². The van der Waals surface area contributed by atoms with Crippen LogP contribution in [0.2, 0.25) is 0 Å². The summed E-state index contributed by atoms with van der Waals surface area (Å²) in [6, 6.07) is 6.08. The Hall–Kier alpha value is -1.09. The van der Waals surface area contributed by atoms with E-state index in [0.717, 1.165) is 23.7 Å². The number of rotatable bonds is 5. The average molecular weight is 283 g/mol. The molecule has 0 atom stereocenters. The second-order valence-corrected chi connectivity index (χ2v) is 4.46. The molecule has 0 saturated heterocycles. The van der Waals surface area contributed by atoms with E-state index in [2.05, 4.69) is 22.0 Å². The van der Waals surface area contributed by atoms with E-state index >= 15 is 0 Å². The number of hydrogen-bond acceptors (Lipinski definition) is 1. The first-order valence-electron chi connectivity index (χ1n) is 5.20. The molecule has 1 N–H and O–H groups in total. The molecule has 0 aromatic heterocycles. The molecular weight excluding hydrogens is 268 g/mol. The van der Waals surface area contributed by atoms with E-state index in [-0.39, 0.29) is 0 Å². The molecule has 0 fully saturated rings. The number of alkyl halides is 1. The molecule has 1 aromatic carbocycles. The predicted molar refractivity (Wildman–Crippen MR) is 70.0 cm³/mol. The third-order valence-electron chi connectivity index (χ3n) is 2.28. The zero-order valence-electron chi connectivity index (χ0n) is 9.24. The summed E-state index contributed by atoms with van der Waals surface area (Å²) in [5.41, 5.74) is 3.41. The molecule has 0 amide bonds. The Morgan fingerprint density at radius 3 is 2.88 bits per heavy atom. The van der Waals surface area contributed by atoms with Crippen molar-refractivity contribution < 1.29 is 9.90 Å². The van der Waals surface area contributed by atoms with Gasteiger partial charge in [0.1, 0.15) is 0 Å². The lowest BCUT2D eigenvalue weighted by Crippen LogP contribution is -1.93. The van der Waals surface area contributed by atoms with Crippen molar-refractivity contribution in [2.45, 2.75) is 19.8 Å². The van der Waals surface area contributed by atoms with Gasteiger partial charge in [-0.05, 0) is 37.0 Å². The van der Waals surface area contributed by atoms with Gasteiger partial charge >= 0.3 is 5.97 Å². The minimum atomic E-state index is -0.910. The fraction of sp³-hybridized carbons (Fsp3) is 0.308. The average Bonchev–Trinajstić information content (AvgIpc) is 2.24. The summed E-state index contributed by atoms with van der Waals surface area (Å²) >= 11 is 3.40. The van der Waals surface area contributed by atoms with Gasteiger partial charge < -0.3 is 5.11 Å². The van der Waals surface area contributed by atoms with Crippen molar-refractivity contribution in [3.05, 3.63) is 41.0 Å². The van der Waals surface area contributed by atoms with Crippen LogP contribution in [0.3, 0.4) is 0 Å². The number of benzene rings is 1. The summed E-state index contributed by atoms with van der Waals surface area (Å²) in [6.45, 7) is 2.04. The highest BCUT2D eigenvalue weighted by molar-refractivity contribution is 9.09. The molecular formula is C13H15BrO2. The lowest BCUT2D eigenvalue weighted by atomic mass is 10.0. The number of aryl methyl sites for hydroxylation is 2. The lowest BCUT2D eigenvalue weighted by molar-refractivity contribution is -0.131. The highest BCUT2D eigenvalue weighted by Crippen LogP contribution is 2.16. The van der Waals surface area contributed by atoms with E-state index in [0.29, 0.717) is 0 Å². The highest BCUT2D eigenvalue weighted by Gasteiger charge is 2.00. The Kier molecular flexibility index (Phi) is 5.26. The number of carboxylic acid groups (broad SMARTS) is 1. The molecule has 2 nitrogen and oxygen atoms in total. The van der Waals surface area contributed by atoms with Crippen molar-refractivity contribution >= 4 is 28.0 Å². The van der Waals surface area contributed by atoms with Crippen LogP contribution in [-0.2, 0) is 11.2 Å². The molecule has 0 aliphatic rings. The minimum absolute atomic E-state index is 0.910. The maximum atomic E-state index is 10.5. The van der Waals surface area contributed by atoms with E-state index in [1.807, 2.05) is 19.1 Å². The standard InChI is InChI=1S/C13H15BrO2/c1-10-4-5-11(6-7-13(15)16)12(9-10)3-2-8-14/h4-7,9H,2-3,8H2,1H3,(H,15,16)/b7-6+. The molecule has 0 bridgehead atoms. The van der Waals surface area contributed by atoms with Gasteiger partial charge in [0.25, 0.3) is 0 Å².